The van der Waals surface area contributed by atoms with Crippen LogP contribution in [0.4, 0.5) is 5.95 Å². The number of benzene rings is 1. The summed E-state index contributed by atoms with van der Waals surface area (Å²) >= 11 is 0. The molecule has 0 bridgehead atoms. The van der Waals surface area contributed by atoms with Crippen molar-refractivity contribution < 1.29 is 19.0 Å². The summed E-state index contributed by atoms with van der Waals surface area (Å²) in [6.45, 7) is 3.66. The van der Waals surface area contributed by atoms with Crippen molar-refractivity contribution in [1.82, 2.24) is 24.0 Å². The van der Waals surface area contributed by atoms with Crippen LogP contribution in [0.5, 0.6) is 11.5 Å². The molecule has 0 radical (unpaired) electrons. The van der Waals surface area contributed by atoms with E-state index in [2.05, 4.69) is 14.9 Å². The summed E-state index contributed by atoms with van der Waals surface area (Å²) in [6.07, 6.45) is 0. The second-order valence-corrected chi connectivity index (χ2v) is 8.03. The molecule has 1 N–H and O–H groups in total. The molecule has 0 saturated carbocycles. The molecule has 35 heavy (non-hydrogen) atoms. The van der Waals surface area contributed by atoms with Crippen LogP contribution in [0.3, 0.4) is 0 Å². The van der Waals surface area contributed by atoms with Crippen LogP contribution in [-0.4, -0.2) is 83.5 Å². The number of rotatable bonds is 7. The summed E-state index contributed by atoms with van der Waals surface area (Å²) in [5, 5.41) is 0. The minimum absolute atomic E-state index is 0. The SMILES string of the molecule is COc1cc(OC)cc(C(=O)OCCN2CCN(c3nc4c([nH]3)c(=O)n(C)c(=O)n4C)CC2)c1.Cl. The predicted molar refractivity (Wildman–Crippen MR) is 132 cm³/mol. The van der Waals surface area contributed by atoms with E-state index in [4.69, 9.17) is 14.2 Å². The van der Waals surface area contributed by atoms with E-state index in [-0.39, 0.29) is 19.0 Å². The first kappa shape index (κ1) is 26.1. The number of carbonyl (C=O) groups is 1. The van der Waals surface area contributed by atoms with E-state index in [0.717, 1.165) is 17.7 Å². The number of halogens is 1. The fraction of sp³-hybridized carbons (Fsp3) is 0.455. The Labute approximate surface area is 207 Å². The first-order valence-corrected chi connectivity index (χ1v) is 10.9. The number of hydrogen-bond acceptors (Lipinski definition) is 9. The number of esters is 1. The van der Waals surface area contributed by atoms with Crippen LogP contribution in [0.1, 0.15) is 10.4 Å². The van der Waals surface area contributed by atoms with Crippen LogP contribution in [0, 0.1) is 0 Å². The zero-order valence-electron chi connectivity index (χ0n) is 20.1. The highest BCUT2D eigenvalue weighted by atomic mass is 35.5. The maximum Gasteiger partial charge on any atom is 0.338 e. The van der Waals surface area contributed by atoms with Crippen LogP contribution in [0.25, 0.3) is 11.2 Å². The van der Waals surface area contributed by atoms with Crippen molar-refractivity contribution in [2.24, 2.45) is 14.1 Å². The van der Waals surface area contributed by atoms with E-state index in [9.17, 15) is 14.4 Å². The molecule has 0 aliphatic carbocycles. The molecule has 0 spiro atoms. The lowest BCUT2D eigenvalue weighted by Crippen LogP contribution is -2.47. The Kier molecular flexibility index (Phi) is 8.07. The Bertz CT molecular complexity index is 1300. The van der Waals surface area contributed by atoms with Crippen molar-refractivity contribution in [2.75, 3.05) is 58.5 Å². The van der Waals surface area contributed by atoms with E-state index < -0.39 is 17.2 Å². The van der Waals surface area contributed by atoms with Gasteiger partial charge in [0.15, 0.2) is 11.2 Å². The standard InChI is InChI=1S/C22H28N6O6.ClH/c1-25-18-17(19(29)26(2)22(25)31)23-21(24-18)28-7-5-27(6-8-28)9-10-34-20(30)14-11-15(32-3)13-16(12-14)33-4;/h11-13H,5-10H2,1-4H3,(H,23,24);1H. The smallest absolute Gasteiger partial charge is 0.338 e. The van der Waals surface area contributed by atoms with Gasteiger partial charge in [-0.3, -0.25) is 18.8 Å². The largest absolute Gasteiger partial charge is 0.497 e. The molecular formula is C22H29ClN6O6. The van der Waals surface area contributed by atoms with Gasteiger partial charge in [0.2, 0.25) is 5.95 Å². The monoisotopic (exact) mass is 508 g/mol. The lowest BCUT2D eigenvalue weighted by molar-refractivity contribution is 0.0458. The molecule has 190 valence electrons. The molecule has 0 amide bonds. The number of imidazole rings is 1. The van der Waals surface area contributed by atoms with Gasteiger partial charge in [0, 0.05) is 52.9 Å². The lowest BCUT2D eigenvalue weighted by Gasteiger charge is -2.34. The van der Waals surface area contributed by atoms with Gasteiger partial charge in [-0.2, -0.15) is 4.98 Å². The number of fused-ring (bicyclic) bond motifs is 1. The van der Waals surface area contributed by atoms with E-state index in [1.165, 1.54) is 25.8 Å². The van der Waals surface area contributed by atoms with E-state index >= 15 is 0 Å². The molecule has 3 aromatic rings. The molecular weight excluding hydrogens is 480 g/mol. The zero-order chi connectivity index (χ0) is 24.4. The van der Waals surface area contributed by atoms with Gasteiger partial charge in [-0.15, -0.1) is 12.4 Å². The number of piperazine rings is 1. The molecule has 2 aromatic heterocycles. The molecule has 12 nitrogen and oxygen atoms in total. The number of hydrogen-bond donors (Lipinski definition) is 1. The first-order valence-electron chi connectivity index (χ1n) is 10.9. The van der Waals surface area contributed by atoms with Crippen LogP contribution in [0.15, 0.2) is 27.8 Å². The average Bonchev–Trinajstić information content (AvgIpc) is 3.32. The highest BCUT2D eigenvalue weighted by Gasteiger charge is 2.22. The number of H-pyrrole nitrogens is 1. The van der Waals surface area contributed by atoms with Crippen molar-refractivity contribution in [3.63, 3.8) is 0 Å². The Morgan fingerprint density at radius 2 is 1.63 bits per heavy atom. The second-order valence-electron chi connectivity index (χ2n) is 8.03. The van der Waals surface area contributed by atoms with Crippen molar-refractivity contribution in [1.29, 1.82) is 0 Å². The van der Waals surface area contributed by atoms with Gasteiger partial charge in [-0.05, 0) is 12.1 Å². The summed E-state index contributed by atoms with van der Waals surface area (Å²) < 4.78 is 18.2. The van der Waals surface area contributed by atoms with Crippen LogP contribution in [0.2, 0.25) is 0 Å². The number of nitrogens with zero attached hydrogens (tertiary/aromatic N) is 5. The Morgan fingerprint density at radius 1 is 1.00 bits per heavy atom. The first-order chi connectivity index (χ1) is 16.3. The van der Waals surface area contributed by atoms with Crippen molar-refractivity contribution >= 4 is 35.5 Å². The van der Waals surface area contributed by atoms with Gasteiger partial charge < -0.3 is 24.1 Å². The molecule has 1 saturated heterocycles. The van der Waals surface area contributed by atoms with Gasteiger partial charge in [0.1, 0.15) is 18.1 Å². The van der Waals surface area contributed by atoms with Crippen LogP contribution >= 0.6 is 12.4 Å². The molecule has 1 aromatic carbocycles. The predicted octanol–water partition coefficient (Wildman–Crippen LogP) is 0.378. The average molecular weight is 509 g/mol. The Hall–Kier alpha value is -3.51. The van der Waals surface area contributed by atoms with Gasteiger partial charge in [0.05, 0.1) is 19.8 Å². The normalized spacial score (nSPS) is 14.0. The second kappa shape index (κ2) is 10.8. The number of aryl methyl sites for hydroxylation is 1. The van der Waals surface area contributed by atoms with Gasteiger partial charge in [-0.1, -0.05) is 0 Å². The lowest BCUT2D eigenvalue weighted by atomic mass is 10.2. The van der Waals surface area contributed by atoms with E-state index in [1.54, 1.807) is 25.2 Å². The van der Waals surface area contributed by atoms with Gasteiger partial charge in [0.25, 0.3) is 5.56 Å². The molecule has 4 rings (SSSR count). The number of methoxy groups -OCH3 is 2. The minimum atomic E-state index is -0.440. The number of anilines is 1. The topological polar surface area (TPSA) is 124 Å². The molecule has 0 atom stereocenters. The molecule has 13 heteroatoms. The minimum Gasteiger partial charge on any atom is -0.497 e. The summed E-state index contributed by atoms with van der Waals surface area (Å²) in [6, 6.07) is 4.91. The number of aromatic amines is 1. The molecule has 1 fully saturated rings. The summed E-state index contributed by atoms with van der Waals surface area (Å²) in [5.74, 6) is 1.16. The van der Waals surface area contributed by atoms with Crippen molar-refractivity contribution in [3.8, 4) is 11.5 Å². The number of ether oxygens (including phenoxy) is 3. The highest BCUT2D eigenvalue weighted by molar-refractivity contribution is 5.90. The number of aromatic nitrogens is 4. The maximum atomic E-state index is 12.4. The molecule has 0 unspecified atom stereocenters. The number of carbonyl (C=O) groups excluding carboxylic acids is 1. The summed E-state index contributed by atoms with van der Waals surface area (Å²) in [5.41, 5.74) is 0.203. The number of nitrogens with one attached hydrogen (secondary N) is 1. The fourth-order valence-electron chi connectivity index (χ4n) is 3.92. The van der Waals surface area contributed by atoms with E-state index in [1.807, 2.05) is 4.90 Å². The Morgan fingerprint density at radius 3 is 2.23 bits per heavy atom. The van der Waals surface area contributed by atoms with Crippen LogP contribution in [-0.2, 0) is 18.8 Å². The van der Waals surface area contributed by atoms with Gasteiger partial charge in [-0.25, -0.2) is 9.59 Å². The molecule has 3 heterocycles. The highest BCUT2D eigenvalue weighted by Crippen LogP contribution is 2.23. The summed E-state index contributed by atoms with van der Waals surface area (Å²) in [4.78, 5) is 48.7. The third-order valence-corrected chi connectivity index (χ3v) is 5.98. The van der Waals surface area contributed by atoms with Crippen molar-refractivity contribution in [3.05, 3.63) is 44.6 Å². The quantitative estimate of drug-likeness (QED) is 0.451. The Balaban J connectivity index is 0.00000342. The third-order valence-electron chi connectivity index (χ3n) is 5.98. The van der Waals surface area contributed by atoms with Crippen LogP contribution < -0.4 is 25.6 Å². The molecule has 1 aliphatic heterocycles. The summed E-state index contributed by atoms with van der Waals surface area (Å²) in [7, 11) is 6.09. The third kappa shape index (κ3) is 5.28. The van der Waals surface area contributed by atoms with Gasteiger partial charge >= 0.3 is 11.7 Å². The fourth-order valence-corrected chi connectivity index (χ4v) is 3.92. The molecule has 1 aliphatic rings. The zero-order valence-corrected chi connectivity index (χ0v) is 20.9. The van der Waals surface area contributed by atoms with E-state index in [0.29, 0.717) is 53.8 Å². The van der Waals surface area contributed by atoms with Crippen molar-refractivity contribution in [2.45, 2.75) is 0 Å². The maximum absolute atomic E-state index is 12.4.